The highest BCUT2D eigenvalue weighted by Crippen LogP contribution is 2.30. The molecule has 0 amide bonds. The fourth-order valence-electron chi connectivity index (χ4n) is 1.67. The average Bonchev–Trinajstić information content (AvgIpc) is 2.70. The van der Waals surface area contributed by atoms with Crippen molar-refractivity contribution in [2.45, 2.75) is 26.2 Å². The van der Waals surface area contributed by atoms with E-state index in [1.165, 1.54) is 11.5 Å². The standard InChI is InChI=1S/C12H13NOS/c1-3-11(14)8(2)12-9-6-4-5-7-10(9)13-15-12/h4-8H,3H2,1-2H3. The Morgan fingerprint density at radius 3 is 2.93 bits per heavy atom. The molecule has 2 aromatic rings. The van der Waals surface area contributed by atoms with Crippen molar-refractivity contribution in [3.63, 3.8) is 0 Å². The van der Waals surface area contributed by atoms with Crippen LogP contribution in [0, 0.1) is 0 Å². The third kappa shape index (κ3) is 1.79. The molecular formula is C12H13NOS. The molecule has 0 aliphatic carbocycles. The van der Waals surface area contributed by atoms with Crippen molar-refractivity contribution >= 4 is 28.2 Å². The van der Waals surface area contributed by atoms with Gasteiger partial charge in [-0.05, 0) is 17.6 Å². The molecule has 0 spiro atoms. The first-order valence-corrected chi connectivity index (χ1v) is 5.88. The Bertz CT molecular complexity index is 489. The Morgan fingerprint density at radius 1 is 1.47 bits per heavy atom. The predicted octanol–water partition coefficient (Wildman–Crippen LogP) is 3.38. The number of Topliss-reactive ketones (excluding diaryl/α,β-unsaturated/α-hetero) is 1. The predicted molar refractivity (Wildman–Crippen MR) is 63.3 cm³/mol. The largest absolute Gasteiger partial charge is 0.299 e. The van der Waals surface area contributed by atoms with Gasteiger partial charge in [0.05, 0.1) is 11.4 Å². The fourth-order valence-corrected chi connectivity index (χ4v) is 2.59. The molecule has 0 N–H and O–H groups in total. The number of carbonyl (C=O) groups is 1. The van der Waals surface area contributed by atoms with E-state index in [1.54, 1.807) is 0 Å². The van der Waals surface area contributed by atoms with Gasteiger partial charge in [0.1, 0.15) is 5.78 Å². The van der Waals surface area contributed by atoms with E-state index in [-0.39, 0.29) is 11.7 Å². The van der Waals surface area contributed by atoms with Crippen LogP contribution in [0.2, 0.25) is 0 Å². The van der Waals surface area contributed by atoms with Gasteiger partial charge < -0.3 is 0 Å². The van der Waals surface area contributed by atoms with E-state index in [4.69, 9.17) is 0 Å². The van der Waals surface area contributed by atoms with Crippen LogP contribution in [-0.2, 0) is 4.79 Å². The maximum Gasteiger partial charge on any atom is 0.140 e. The smallest absolute Gasteiger partial charge is 0.140 e. The summed E-state index contributed by atoms with van der Waals surface area (Å²) < 4.78 is 4.35. The van der Waals surface area contributed by atoms with Crippen LogP contribution in [0.15, 0.2) is 24.3 Å². The van der Waals surface area contributed by atoms with Crippen molar-refractivity contribution in [2.75, 3.05) is 0 Å². The van der Waals surface area contributed by atoms with E-state index in [9.17, 15) is 4.79 Å². The molecule has 0 aliphatic rings. The van der Waals surface area contributed by atoms with E-state index >= 15 is 0 Å². The van der Waals surface area contributed by atoms with E-state index < -0.39 is 0 Å². The van der Waals surface area contributed by atoms with Gasteiger partial charge in [-0.3, -0.25) is 4.79 Å². The molecule has 3 heteroatoms. The molecule has 1 aromatic heterocycles. The molecule has 78 valence electrons. The Kier molecular flexibility index (Phi) is 2.82. The van der Waals surface area contributed by atoms with Crippen molar-refractivity contribution in [3.05, 3.63) is 29.1 Å². The van der Waals surface area contributed by atoms with E-state index in [0.29, 0.717) is 6.42 Å². The number of rotatable bonds is 3. The lowest BCUT2D eigenvalue weighted by Crippen LogP contribution is -2.05. The minimum Gasteiger partial charge on any atom is -0.299 e. The van der Waals surface area contributed by atoms with Crippen molar-refractivity contribution in [3.8, 4) is 0 Å². The quantitative estimate of drug-likeness (QED) is 0.792. The number of fused-ring (bicyclic) bond motifs is 1. The third-order valence-corrected chi connectivity index (χ3v) is 3.69. The van der Waals surface area contributed by atoms with Gasteiger partial charge in [0, 0.05) is 16.7 Å². The van der Waals surface area contributed by atoms with E-state index in [2.05, 4.69) is 4.37 Å². The maximum atomic E-state index is 11.6. The molecule has 1 heterocycles. The van der Waals surface area contributed by atoms with Crippen LogP contribution in [0.5, 0.6) is 0 Å². The second kappa shape index (κ2) is 4.11. The second-order valence-electron chi connectivity index (χ2n) is 3.61. The minimum absolute atomic E-state index is 0.0209. The Morgan fingerprint density at radius 2 is 2.20 bits per heavy atom. The number of aromatic nitrogens is 1. The van der Waals surface area contributed by atoms with E-state index in [0.717, 1.165) is 15.8 Å². The van der Waals surface area contributed by atoms with Crippen LogP contribution in [-0.4, -0.2) is 10.2 Å². The summed E-state index contributed by atoms with van der Waals surface area (Å²) >= 11 is 1.44. The summed E-state index contributed by atoms with van der Waals surface area (Å²) in [5.74, 6) is 0.261. The summed E-state index contributed by atoms with van der Waals surface area (Å²) in [5.41, 5.74) is 0.994. The first kappa shape index (κ1) is 10.3. The van der Waals surface area contributed by atoms with Gasteiger partial charge in [-0.25, -0.2) is 0 Å². The average molecular weight is 219 g/mol. The zero-order chi connectivity index (χ0) is 10.8. The molecular weight excluding hydrogens is 206 g/mol. The van der Waals surface area contributed by atoms with Gasteiger partial charge in [0.15, 0.2) is 0 Å². The lowest BCUT2D eigenvalue weighted by molar-refractivity contribution is -0.119. The highest BCUT2D eigenvalue weighted by molar-refractivity contribution is 7.07. The maximum absolute atomic E-state index is 11.6. The SMILES string of the molecule is CCC(=O)C(C)c1snc2ccccc12. The number of ketones is 1. The molecule has 1 aromatic carbocycles. The van der Waals surface area contributed by atoms with Crippen LogP contribution in [0.25, 0.3) is 10.9 Å². The number of hydrogen-bond acceptors (Lipinski definition) is 3. The highest BCUT2D eigenvalue weighted by atomic mass is 32.1. The van der Waals surface area contributed by atoms with Crippen LogP contribution < -0.4 is 0 Å². The molecule has 0 aliphatic heterocycles. The molecule has 0 radical (unpaired) electrons. The van der Waals surface area contributed by atoms with Gasteiger partial charge in [0.2, 0.25) is 0 Å². The zero-order valence-corrected chi connectivity index (χ0v) is 9.67. The summed E-state index contributed by atoms with van der Waals surface area (Å²) in [4.78, 5) is 12.7. The van der Waals surface area contributed by atoms with Crippen LogP contribution >= 0.6 is 11.5 Å². The lowest BCUT2D eigenvalue weighted by Gasteiger charge is -2.05. The Balaban J connectivity index is 2.48. The normalized spacial score (nSPS) is 12.9. The molecule has 1 unspecified atom stereocenters. The van der Waals surface area contributed by atoms with Crippen molar-refractivity contribution in [1.29, 1.82) is 0 Å². The van der Waals surface area contributed by atoms with Gasteiger partial charge in [0.25, 0.3) is 0 Å². The summed E-state index contributed by atoms with van der Waals surface area (Å²) in [6.07, 6.45) is 0.591. The number of nitrogens with zero attached hydrogens (tertiary/aromatic N) is 1. The molecule has 0 fully saturated rings. The van der Waals surface area contributed by atoms with Gasteiger partial charge in [-0.2, -0.15) is 4.37 Å². The first-order valence-electron chi connectivity index (χ1n) is 5.11. The van der Waals surface area contributed by atoms with Gasteiger partial charge in [-0.15, -0.1) is 0 Å². The number of benzene rings is 1. The Hall–Kier alpha value is -1.22. The summed E-state index contributed by atoms with van der Waals surface area (Å²) in [5, 5.41) is 1.12. The van der Waals surface area contributed by atoms with Crippen LogP contribution in [0.1, 0.15) is 31.1 Å². The monoisotopic (exact) mass is 219 g/mol. The molecule has 1 atom stereocenters. The van der Waals surface area contributed by atoms with Gasteiger partial charge in [-0.1, -0.05) is 32.0 Å². The summed E-state index contributed by atoms with van der Waals surface area (Å²) in [6, 6.07) is 7.98. The molecule has 2 rings (SSSR count). The van der Waals surface area contributed by atoms with Crippen LogP contribution in [0.4, 0.5) is 0 Å². The summed E-state index contributed by atoms with van der Waals surface area (Å²) in [7, 11) is 0. The topological polar surface area (TPSA) is 30.0 Å². The minimum atomic E-state index is -0.0209. The molecule has 2 nitrogen and oxygen atoms in total. The molecule has 0 bridgehead atoms. The third-order valence-electron chi connectivity index (χ3n) is 2.64. The first-order chi connectivity index (χ1) is 7.24. The molecule has 15 heavy (non-hydrogen) atoms. The zero-order valence-electron chi connectivity index (χ0n) is 8.86. The number of carbonyl (C=O) groups excluding carboxylic acids is 1. The van der Waals surface area contributed by atoms with Gasteiger partial charge >= 0.3 is 0 Å². The van der Waals surface area contributed by atoms with Crippen molar-refractivity contribution in [1.82, 2.24) is 4.37 Å². The van der Waals surface area contributed by atoms with Crippen molar-refractivity contribution in [2.24, 2.45) is 0 Å². The van der Waals surface area contributed by atoms with Crippen molar-refractivity contribution < 1.29 is 4.79 Å². The van der Waals surface area contributed by atoms with E-state index in [1.807, 2.05) is 38.1 Å². The number of hydrogen-bond donors (Lipinski definition) is 0. The highest BCUT2D eigenvalue weighted by Gasteiger charge is 2.18. The summed E-state index contributed by atoms with van der Waals surface area (Å²) in [6.45, 7) is 3.87. The lowest BCUT2D eigenvalue weighted by atomic mass is 10.00. The second-order valence-corrected chi connectivity index (χ2v) is 4.41. The fraction of sp³-hybridized carbons (Fsp3) is 0.333. The molecule has 0 saturated heterocycles. The molecule has 0 saturated carbocycles. The Labute approximate surface area is 93.1 Å². The van der Waals surface area contributed by atoms with Crippen LogP contribution in [0.3, 0.4) is 0 Å².